The van der Waals surface area contributed by atoms with Crippen LogP contribution in [0.1, 0.15) is 32.8 Å². The van der Waals surface area contributed by atoms with Gasteiger partial charge in [0, 0.05) is 19.1 Å². The highest BCUT2D eigenvalue weighted by atomic mass is 35.5. The number of nitrogens with zero attached hydrogens (tertiary/aromatic N) is 1. The monoisotopic (exact) mass is 326 g/mol. The summed E-state index contributed by atoms with van der Waals surface area (Å²) >= 11 is 0. The highest BCUT2D eigenvalue weighted by Crippen LogP contribution is 2.28. The molecule has 1 aromatic rings. The lowest BCUT2D eigenvalue weighted by atomic mass is 9.79. The van der Waals surface area contributed by atoms with Crippen LogP contribution >= 0.6 is 12.4 Å². The fourth-order valence-corrected chi connectivity index (χ4v) is 2.74. The summed E-state index contributed by atoms with van der Waals surface area (Å²) in [5.41, 5.74) is 7.14. The molecular formula is C17H27ClN2O2. The Labute approximate surface area is 139 Å². The lowest BCUT2D eigenvalue weighted by molar-refractivity contribution is -0.133. The molecule has 1 atom stereocenters. The normalized spacial score (nSPS) is 20.2. The fourth-order valence-electron chi connectivity index (χ4n) is 2.74. The van der Waals surface area contributed by atoms with E-state index in [-0.39, 0.29) is 29.8 Å². The Morgan fingerprint density at radius 1 is 1.36 bits per heavy atom. The summed E-state index contributed by atoms with van der Waals surface area (Å²) in [6.45, 7) is 8.38. The van der Waals surface area contributed by atoms with Gasteiger partial charge in [-0.1, -0.05) is 26.0 Å². The maximum Gasteiger partial charge on any atom is 0.227 e. The molecule has 1 unspecified atom stereocenters. The summed E-state index contributed by atoms with van der Waals surface area (Å²) < 4.78 is 5.41. The van der Waals surface area contributed by atoms with Gasteiger partial charge in [0.1, 0.15) is 5.75 Å². The smallest absolute Gasteiger partial charge is 0.227 e. The van der Waals surface area contributed by atoms with Crippen LogP contribution in [0.3, 0.4) is 0 Å². The van der Waals surface area contributed by atoms with Gasteiger partial charge in [-0.15, -0.1) is 12.4 Å². The number of hydrogen-bond acceptors (Lipinski definition) is 3. The van der Waals surface area contributed by atoms with E-state index < -0.39 is 0 Å². The van der Waals surface area contributed by atoms with Crippen LogP contribution < -0.4 is 10.5 Å². The molecule has 1 heterocycles. The number of nitrogens with two attached hydrogens (primary N) is 1. The van der Waals surface area contributed by atoms with E-state index in [1.165, 1.54) is 0 Å². The molecule has 1 saturated heterocycles. The summed E-state index contributed by atoms with van der Waals surface area (Å²) in [7, 11) is 0. The summed E-state index contributed by atoms with van der Waals surface area (Å²) in [4.78, 5) is 14.4. The van der Waals surface area contributed by atoms with Crippen LogP contribution in [0.2, 0.25) is 0 Å². The van der Waals surface area contributed by atoms with E-state index in [9.17, 15) is 4.79 Å². The number of hydrogen-bond donors (Lipinski definition) is 1. The van der Waals surface area contributed by atoms with E-state index in [1.807, 2.05) is 36.1 Å². The zero-order valence-corrected chi connectivity index (χ0v) is 14.5. The molecule has 0 spiro atoms. The van der Waals surface area contributed by atoms with Gasteiger partial charge in [-0.25, -0.2) is 0 Å². The molecule has 2 rings (SSSR count). The Morgan fingerprint density at radius 3 is 2.55 bits per heavy atom. The van der Waals surface area contributed by atoms with Crippen LogP contribution in [0.15, 0.2) is 24.3 Å². The maximum absolute atomic E-state index is 12.4. The molecule has 0 saturated carbocycles. The first-order valence-electron chi connectivity index (χ1n) is 7.67. The average Bonchev–Trinajstić information content (AvgIpc) is 2.44. The summed E-state index contributed by atoms with van der Waals surface area (Å²) in [6.07, 6.45) is 1.32. The number of piperidine rings is 1. The van der Waals surface area contributed by atoms with Gasteiger partial charge < -0.3 is 15.4 Å². The van der Waals surface area contributed by atoms with Crippen molar-refractivity contribution >= 4 is 18.3 Å². The molecule has 1 aliphatic rings. The zero-order chi connectivity index (χ0) is 15.5. The van der Waals surface area contributed by atoms with E-state index >= 15 is 0 Å². The minimum atomic E-state index is -0.00721. The predicted molar refractivity (Wildman–Crippen MR) is 91.5 cm³/mol. The highest BCUT2D eigenvalue weighted by Gasteiger charge is 2.35. The number of likely N-dealkylation sites (tertiary alicyclic amines) is 1. The molecule has 22 heavy (non-hydrogen) atoms. The SMILES string of the molecule is CCOc1ccc(CC(=O)N2CCC(N)C(C)(C)C2)cc1.Cl. The molecule has 0 aliphatic carbocycles. The number of carbonyl (C=O) groups excluding carboxylic acids is 1. The van der Waals surface area contributed by atoms with Gasteiger partial charge in [-0.2, -0.15) is 0 Å². The van der Waals surface area contributed by atoms with Crippen LogP contribution in [0, 0.1) is 5.41 Å². The van der Waals surface area contributed by atoms with Gasteiger partial charge in [-0.3, -0.25) is 4.79 Å². The Bertz CT molecular complexity index is 488. The van der Waals surface area contributed by atoms with Gasteiger partial charge in [0.05, 0.1) is 13.0 Å². The first-order valence-corrected chi connectivity index (χ1v) is 7.67. The van der Waals surface area contributed by atoms with Crippen molar-refractivity contribution in [2.45, 2.75) is 39.7 Å². The third-order valence-electron chi connectivity index (χ3n) is 4.25. The number of halogens is 1. The standard InChI is InChI=1S/C17H26N2O2.ClH/c1-4-21-14-7-5-13(6-8-14)11-16(20)19-10-9-15(18)17(2,3)12-19;/h5-8,15H,4,9-12,18H2,1-3H3;1H. The van der Waals surface area contributed by atoms with Crippen molar-refractivity contribution in [3.05, 3.63) is 29.8 Å². The zero-order valence-electron chi connectivity index (χ0n) is 13.7. The summed E-state index contributed by atoms with van der Waals surface area (Å²) in [6, 6.07) is 7.93. The van der Waals surface area contributed by atoms with Crippen molar-refractivity contribution in [1.29, 1.82) is 0 Å². The number of carbonyl (C=O) groups is 1. The lowest BCUT2D eigenvalue weighted by Crippen LogP contribution is -2.54. The molecule has 0 radical (unpaired) electrons. The third-order valence-corrected chi connectivity index (χ3v) is 4.25. The van der Waals surface area contributed by atoms with Crippen molar-refractivity contribution < 1.29 is 9.53 Å². The molecule has 1 fully saturated rings. The Balaban J connectivity index is 0.00000242. The Morgan fingerprint density at radius 2 is 2.00 bits per heavy atom. The number of rotatable bonds is 4. The van der Waals surface area contributed by atoms with Crippen LogP contribution in [0.5, 0.6) is 5.75 Å². The van der Waals surface area contributed by atoms with E-state index in [0.29, 0.717) is 13.0 Å². The van der Waals surface area contributed by atoms with Gasteiger partial charge in [0.2, 0.25) is 5.91 Å². The quantitative estimate of drug-likeness (QED) is 0.925. The lowest BCUT2D eigenvalue weighted by Gasteiger charge is -2.42. The Hall–Kier alpha value is -1.26. The number of amides is 1. The molecule has 5 heteroatoms. The summed E-state index contributed by atoms with van der Waals surface area (Å²) in [5.74, 6) is 1.03. The molecule has 1 aromatic carbocycles. The van der Waals surface area contributed by atoms with Crippen molar-refractivity contribution in [3.63, 3.8) is 0 Å². The predicted octanol–water partition coefficient (Wildman–Crippen LogP) is 2.64. The molecule has 1 aliphatic heterocycles. The van der Waals surface area contributed by atoms with Gasteiger partial charge in [0.15, 0.2) is 0 Å². The van der Waals surface area contributed by atoms with E-state index in [0.717, 1.165) is 30.8 Å². The van der Waals surface area contributed by atoms with Crippen molar-refractivity contribution in [3.8, 4) is 5.75 Å². The van der Waals surface area contributed by atoms with Crippen molar-refractivity contribution in [2.75, 3.05) is 19.7 Å². The minimum absolute atomic E-state index is 0. The summed E-state index contributed by atoms with van der Waals surface area (Å²) in [5, 5.41) is 0. The first-order chi connectivity index (χ1) is 9.92. The Kier molecular flexibility index (Phi) is 6.69. The van der Waals surface area contributed by atoms with Gasteiger partial charge >= 0.3 is 0 Å². The highest BCUT2D eigenvalue weighted by molar-refractivity contribution is 5.85. The second-order valence-corrected chi connectivity index (χ2v) is 6.45. The molecule has 0 bridgehead atoms. The van der Waals surface area contributed by atoms with E-state index in [4.69, 9.17) is 10.5 Å². The number of benzene rings is 1. The molecule has 1 amide bonds. The van der Waals surface area contributed by atoms with Crippen molar-refractivity contribution in [1.82, 2.24) is 4.90 Å². The van der Waals surface area contributed by atoms with Gasteiger partial charge in [0.25, 0.3) is 0 Å². The second kappa shape index (κ2) is 7.84. The number of ether oxygens (including phenoxy) is 1. The van der Waals surface area contributed by atoms with Crippen LogP contribution in [0.25, 0.3) is 0 Å². The van der Waals surface area contributed by atoms with Gasteiger partial charge in [-0.05, 0) is 36.5 Å². The molecule has 2 N–H and O–H groups in total. The van der Waals surface area contributed by atoms with Crippen LogP contribution in [0.4, 0.5) is 0 Å². The maximum atomic E-state index is 12.4. The van der Waals surface area contributed by atoms with Crippen molar-refractivity contribution in [2.24, 2.45) is 11.1 Å². The minimum Gasteiger partial charge on any atom is -0.494 e. The third kappa shape index (κ3) is 4.62. The molecule has 0 aromatic heterocycles. The first kappa shape index (κ1) is 18.8. The fraction of sp³-hybridized carbons (Fsp3) is 0.588. The van der Waals surface area contributed by atoms with E-state index in [1.54, 1.807) is 0 Å². The topological polar surface area (TPSA) is 55.6 Å². The van der Waals surface area contributed by atoms with E-state index in [2.05, 4.69) is 13.8 Å². The second-order valence-electron chi connectivity index (χ2n) is 6.45. The molecule has 124 valence electrons. The van der Waals surface area contributed by atoms with Crippen LogP contribution in [-0.4, -0.2) is 36.5 Å². The largest absolute Gasteiger partial charge is 0.494 e. The van der Waals surface area contributed by atoms with Crippen LogP contribution in [-0.2, 0) is 11.2 Å². The molecular weight excluding hydrogens is 300 g/mol. The average molecular weight is 327 g/mol. The molecule has 4 nitrogen and oxygen atoms in total.